The normalized spacial score (nSPS) is 11.7. The Labute approximate surface area is 95.8 Å². The highest BCUT2D eigenvalue weighted by molar-refractivity contribution is 7.99. The second kappa shape index (κ2) is 5.37. The molecule has 0 aliphatic rings. The van der Waals surface area contributed by atoms with Gasteiger partial charge in [0.1, 0.15) is 0 Å². The molecule has 2 N–H and O–H groups in total. The molecule has 1 aromatic rings. The van der Waals surface area contributed by atoms with Crippen LogP contribution in [0.1, 0.15) is 20.8 Å². The quantitative estimate of drug-likeness (QED) is 0.597. The minimum absolute atomic E-state index is 0.151. The SMILES string of the molecule is C=C(CNC(C)(C)C)CSc1ncc[nH]1. The van der Waals surface area contributed by atoms with Crippen molar-refractivity contribution in [3.8, 4) is 0 Å². The molecule has 1 rings (SSSR count). The maximum Gasteiger partial charge on any atom is 0.165 e. The van der Waals surface area contributed by atoms with Gasteiger partial charge in [-0.2, -0.15) is 0 Å². The topological polar surface area (TPSA) is 40.7 Å². The van der Waals surface area contributed by atoms with Crippen molar-refractivity contribution < 1.29 is 0 Å². The van der Waals surface area contributed by atoms with Crippen molar-refractivity contribution in [3.05, 3.63) is 24.5 Å². The third kappa shape index (κ3) is 5.64. The zero-order valence-electron chi connectivity index (χ0n) is 9.63. The lowest BCUT2D eigenvalue weighted by atomic mass is 10.1. The van der Waals surface area contributed by atoms with E-state index >= 15 is 0 Å². The number of aromatic nitrogens is 2. The van der Waals surface area contributed by atoms with Gasteiger partial charge in [0.15, 0.2) is 5.16 Å². The standard InChI is InChI=1S/C11H19N3S/c1-9(7-14-11(2,3)4)8-15-10-12-5-6-13-10/h5-6,14H,1,7-8H2,2-4H3,(H,12,13). The number of imidazole rings is 1. The van der Waals surface area contributed by atoms with Gasteiger partial charge >= 0.3 is 0 Å². The molecule has 0 radical (unpaired) electrons. The molecule has 0 aliphatic carbocycles. The number of hydrogen-bond donors (Lipinski definition) is 2. The number of nitrogens with one attached hydrogen (secondary N) is 2. The van der Waals surface area contributed by atoms with Gasteiger partial charge in [0.2, 0.25) is 0 Å². The lowest BCUT2D eigenvalue weighted by Crippen LogP contribution is -2.37. The molecule has 0 amide bonds. The van der Waals surface area contributed by atoms with Crippen LogP contribution in [0.2, 0.25) is 0 Å². The Morgan fingerprint density at radius 2 is 2.33 bits per heavy atom. The average molecular weight is 225 g/mol. The van der Waals surface area contributed by atoms with E-state index < -0.39 is 0 Å². The molecule has 0 aromatic carbocycles. The van der Waals surface area contributed by atoms with Crippen molar-refractivity contribution in [2.45, 2.75) is 31.5 Å². The van der Waals surface area contributed by atoms with E-state index in [9.17, 15) is 0 Å². The van der Waals surface area contributed by atoms with Gasteiger partial charge < -0.3 is 10.3 Å². The van der Waals surface area contributed by atoms with E-state index in [2.05, 4.69) is 42.6 Å². The Balaban J connectivity index is 2.20. The summed E-state index contributed by atoms with van der Waals surface area (Å²) in [6.07, 6.45) is 3.59. The van der Waals surface area contributed by atoms with Crippen molar-refractivity contribution in [2.24, 2.45) is 0 Å². The summed E-state index contributed by atoms with van der Waals surface area (Å²) in [6.45, 7) is 11.3. The largest absolute Gasteiger partial charge is 0.340 e. The Bertz CT molecular complexity index is 298. The average Bonchev–Trinajstić information content (AvgIpc) is 2.62. The van der Waals surface area contributed by atoms with Gasteiger partial charge in [0, 0.05) is 30.2 Å². The number of rotatable bonds is 5. The highest BCUT2D eigenvalue weighted by Gasteiger charge is 2.08. The van der Waals surface area contributed by atoms with Crippen LogP contribution in [0, 0.1) is 0 Å². The smallest absolute Gasteiger partial charge is 0.165 e. The predicted molar refractivity (Wildman–Crippen MR) is 66.2 cm³/mol. The number of aromatic amines is 1. The first-order valence-corrected chi connectivity index (χ1v) is 6.00. The Morgan fingerprint density at radius 3 is 2.87 bits per heavy atom. The molecular weight excluding hydrogens is 206 g/mol. The van der Waals surface area contributed by atoms with Gasteiger partial charge in [-0.05, 0) is 20.8 Å². The first-order chi connectivity index (χ1) is 6.97. The van der Waals surface area contributed by atoms with Crippen LogP contribution < -0.4 is 5.32 Å². The van der Waals surface area contributed by atoms with E-state index in [0.29, 0.717) is 0 Å². The zero-order valence-corrected chi connectivity index (χ0v) is 10.4. The van der Waals surface area contributed by atoms with Crippen molar-refractivity contribution in [2.75, 3.05) is 12.3 Å². The van der Waals surface area contributed by atoms with Gasteiger partial charge in [0.05, 0.1) is 0 Å². The predicted octanol–water partition coefficient (Wildman–Crippen LogP) is 2.45. The molecule has 0 fully saturated rings. The van der Waals surface area contributed by atoms with Gasteiger partial charge in [-0.15, -0.1) is 0 Å². The molecule has 0 bridgehead atoms. The van der Waals surface area contributed by atoms with Gasteiger partial charge in [-0.25, -0.2) is 4.98 Å². The Morgan fingerprint density at radius 1 is 1.60 bits per heavy atom. The monoisotopic (exact) mass is 225 g/mol. The number of thioether (sulfide) groups is 1. The van der Waals surface area contributed by atoms with E-state index in [-0.39, 0.29) is 5.54 Å². The summed E-state index contributed by atoms with van der Waals surface area (Å²) in [4.78, 5) is 7.20. The molecule has 3 nitrogen and oxygen atoms in total. The number of H-pyrrole nitrogens is 1. The van der Waals surface area contributed by atoms with E-state index in [4.69, 9.17) is 0 Å². The van der Waals surface area contributed by atoms with Crippen molar-refractivity contribution >= 4 is 11.8 Å². The Kier molecular flexibility index (Phi) is 4.42. The summed E-state index contributed by atoms with van der Waals surface area (Å²) in [5.74, 6) is 0.899. The summed E-state index contributed by atoms with van der Waals surface area (Å²) < 4.78 is 0. The van der Waals surface area contributed by atoms with Crippen molar-refractivity contribution in [1.29, 1.82) is 0 Å². The van der Waals surface area contributed by atoms with Crippen LogP contribution in [0.4, 0.5) is 0 Å². The minimum Gasteiger partial charge on any atom is -0.340 e. The van der Waals surface area contributed by atoms with E-state index in [1.807, 2.05) is 6.20 Å². The molecule has 1 heterocycles. The Hall–Kier alpha value is -0.740. The molecule has 0 saturated carbocycles. The van der Waals surface area contributed by atoms with Crippen molar-refractivity contribution in [1.82, 2.24) is 15.3 Å². The maximum absolute atomic E-state index is 4.14. The van der Waals surface area contributed by atoms with Gasteiger partial charge in [0.25, 0.3) is 0 Å². The lowest BCUT2D eigenvalue weighted by molar-refractivity contribution is 0.445. The van der Waals surface area contributed by atoms with Crippen LogP contribution in [0.5, 0.6) is 0 Å². The summed E-state index contributed by atoms with van der Waals surface area (Å²) in [5, 5.41) is 4.36. The molecule has 0 unspecified atom stereocenters. The molecule has 15 heavy (non-hydrogen) atoms. The molecule has 0 spiro atoms. The molecule has 0 aliphatic heterocycles. The third-order valence-corrected chi connectivity index (χ3v) is 2.80. The summed E-state index contributed by atoms with van der Waals surface area (Å²) in [7, 11) is 0. The molecule has 4 heteroatoms. The van der Waals surface area contributed by atoms with Gasteiger partial charge in [-0.3, -0.25) is 0 Å². The van der Waals surface area contributed by atoms with Crippen LogP contribution >= 0.6 is 11.8 Å². The molecule has 84 valence electrons. The fourth-order valence-electron chi connectivity index (χ4n) is 0.941. The molecular formula is C11H19N3S. The fraction of sp³-hybridized carbons (Fsp3) is 0.545. The first kappa shape index (κ1) is 12.3. The summed E-state index contributed by atoms with van der Waals surface area (Å²) in [6, 6.07) is 0. The van der Waals surface area contributed by atoms with Crippen LogP contribution in [0.25, 0.3) is 0 Å². The minimum atomic E-state index is 0.151. The third-order valence-electron chi connectivity index (χ3n) is 1.75. The molecule has 1 aromatic heterocycles. The second-order valence-corrected chi connectivity index (χ2v) is 5.50. The van der Waals surface area contributed by atoms with Crippen LogP contribution in [0.15, 0.2) is 29.7 Å². The lowest BCUT2D eigenvalue weighted by Gasteiger charge is -2.21. The molecule has 0 atom stereocenters. The van der Waals surface area contributed by atoms with E-state index in [1.165, 1.54) is 5.57 Å². The van der Waals surface area contributed by atoms with Crippen LogP contribution in [-0.4, -0.2) is 27.8 Å². The second-order valence-electron chi connectivity index (χ2n) is 4.54. The number of nitrogens with zero attached hydrogens (tertiary/aromatic N) is 1. The van der Waals surface area contributed by atoms with E-state index in [1.54, 1.807) is 18.0 Å². The number of hydrogen-bond acceptors (Lipinski definition) is 3. The van der Waals surface area contributed by atoms with Crippen LogP contribution in [-0.2, 0) is 0 Å². The highest BCUT2D eigenvalue weighted by Crippen LogP contribution is 2.14. The highest BCUT2D eigenvalue weighted by atomic mass is 32.2. The van der Waals surface area contributed by atoms with Crippen molar-refractivity contribution in [3.63, 3.8) is 0 Å². The first-order valence-electron chi connectivity index (χ1n) is 5.01. The van der Waals surface area contributed by atoms with E-state index in [0.717, 1.165) is 17.5 Å². The molecule has 0 saturated heterocycles. The summed E-state index contributed by atoms with van der Waals surface area (Å²) in [5.41, 5.74) is 1.34. The summed E-state index contributed by atoms with van der Waals surface area (Å²) >= 11 is 1.68. The van der Waals surface area contributed by atoms with Gasteiger partial charge in [-0.1, -0.05) is 23.9 Å². The fourth-order valence-corrected chi connectivity index (χ4v) is 1.67. The van der Waals surface area contributed by atoms with Crippen LogP contribution in [0.3, 0.4) is 0 Å². The maximum atomic E-state index is 4.14. The zero-order chi connectivity index (χ0) is 11.3.